The Kier molecular flexibility index (Phi) is 3.60. The molecule has 0 aliphatic rings. The highest BCUT2D eigenvalue weighted by Gasteiger charge is 2.31. The molecule has 4 nitrogen and oxygen atoms in total. The lowest BCUT2D eigenvalue weighted by atomic mass is 10.1. The van der Waals surface area contributed by atoms with Gasteiger partial charge in [0.2, 0.25) is 0 Å². The first-order chi connectivity index (χ1) is 9.37. The first-order valence-corrected chi connectivity index (χ1v) is 5.48. The van der Waals surface area contributed by atoms with Gasteiger partial charge in [0, 0.05) is 11.8 Å². The summed E-state index contributed by atoms with van der Waals surface area (Å²) in [6.45, 7) is 0. The molecule has 104 valence electrons. The number of aromatic nitrogens is 1. The van der Waals surface area contributed by atoms with Crippen LogP contribution in [0.1, 0.15) is 10.4 Å². The average molecular weight is 282 g/mol. The Morgan fingerprint density at radius 1 is 1.15 bits per heavy atom. The zero-order chi connectivity index (χ0) is 14.8. The van der Waals surface area contributed by atoms with Crippen LogP contribution in [0.15, 0.2) is 42.6 Å². The van der Waals surface area contributed by atoms with Gasteiger partial charge in [0.1, 0.15) is 5.75 Å². The highest BCUT2D eigenvalue weighted by atomic mass is 19.4. The lowest BCUT2D eigenvalue weighted by Crippen LogP contribution is -2.17. The number of rotatable bonds is 3. The molecule has 2 N–H and O–H groups in total. The number of pyridine rings is 1. The molecule has 0 bridgehead atoms. The first kappa shape index (κ1) is 13.9. The molecular formula is C13H9F3N2O2. The van der Waals surface area contributed by atoms with E-state index in [-0.39, 0.29) is 11.3 Å². The van der Waals surface area contributed by atoms with Gasteiger partial charge in [-0.15, -0.1) is 13.2 Å². The SMILES string of the molecule is NC(=O)c1cccnc1-c1ccc(OC(F)(F)F)cc1. The molecule has 2 aromatic rings. The van der Waals surface area contributed by atoms with E-state index in [1.807, 2.05) is 0 Å². The zero-order valence-corrected chi connectivity index (χ0v) is 10.0. The maximum Gasteiger partial charge on any atom is 0.573 e. The molecule has 0 saturated heterocycles. The number of hydrogen-bond acceptors (Lipinski definition) is 3. The number of carbonyl (C=O) groups excluding carboxylic acids is 1. The summed E-state index contributed by atoms with van der Waals surface area (Å²) in [4.78, 5) is 15.3. The Labute approximate surface area is 112 Å². The predicted molar refractivity (Wildman–Crippen MR) is 64.9 cm³/mol. The summed E-state index contributed by atoms with van der Waals surface area (Å²) < 4.78 is 39.9. The molecule has 0 radical (unpaired) electrons. The molecule has 1 heterocycles. The highest BCUT2D eigenvalue weighted by molar-refractivity contribution is 5.98. The van der Waals surface area contributed by atoms with Crippen LogP contribution in [0.25, 0.3) is 11.3 Å². The van der Waals surface area contributed by atoms with Crippen LogP contribution in [0.3, 0.4) is 0 Å². The molecular weight excluding hydrogens is 273 g/mol. The van der Waals surface area contributed by atoms with E-state index in [9.17, 15) is 18.0 Å². The zero-order valence-electron chi connectivity index (χ0n) is 10.0. The standard InChI is InChI=1S/C13H9F3N2O2/c14-13(15,16)20-9-5-3-8(4-6-9)11-10(12(17)19)2-1-7-18-11/h1-7H,(H2,17,19). The van der Waals surface area contributed by atoms with E-state index in [0.29, 0.717) is 11.3 Å². The van der Waals surface area contributed by atoms with Crippen molar-refractivity contribution in [2.75, 3.05) is 0 Å². The fourth-order valence-electron chi connectivity index (χ4n) is 1.65. The van der Waals surface area contributed by atoms with Crippen molar-refractivity contribution >= 4 is 5.91 Å². The lowest BCUT2D eigenvalue weighted by Gasteiger charge is -2.10. The number of nitrogens with two attached hydrogens (primary N) is 1. The Hall–Kier alpha value is -2.57. The van der Waals surface area contributed by atoms with E-state index in [2.05, 4.69) is 9.72 Å². The number of alkyl halides is 3. The molecule has 0 atom stereocenters. The normalized spacial score (nSPS) is 11.2. The topological polar surface area (TPSA) is 65.2 Å². The van der Waals surface area contributed by atoms with Crippen LogP contribution in [0.4, 0.5) is 13.2 Å². The fourth-order valence-corrected chi connectivity index (χ4v) is 1.65. The minimum atomic E-state index is -4.75. The van der Waals surface area contributed by atoms with Crippen molar-refractivity contribution in [3.05, 3.63) is 48.2 Å². The van der Waals surface area contributed by atoms with E-state index in [1.54, 1.807) is 6.07 Å². The van der Waals surface area contributed by atoms with Crippen LogP contribution in [0.2, 0.25) is 0 Å². The average Bonchev–Trinajstić information content (AvgIpc) is 2.38. The van der Waals surface area contributed by atoms with Crippen LogP contribution >= 0.6 is 0 Å². The van der Waals surface area contributed by atoms with Gasteiger partial charge in [-0.05, 0) is 36.4 Å². The fraction of sp³-hybridized carbons (Fsp3) is 0.0769. The Balaban J connectivity index is 2.33. The summed E-state index contributed by atoms with van der Waals surface area (Å²) in [5.74, 6) is -1.01. The molecule has 2 rings (SSSR count). The van der Waals surface area contributed by atoms with Crippen LogP contribution in [-0.4, -0.2) is 17.3 Å². The number of hydrogen-bond donors (Lipinski definition) is 1. The smallest absolute Gasteiger partial charge is 0.406 e. The van der Waals surface area contributed by atoms with Crippen molar-refractivity contribution in [2.45, 2.75) is 6.36 Å². The summed E-state index contributed by atoms with van der Waals surface area (Å²) >= 11 is 0. The quantitative estimate of drug-likeness (QED) is 0.941. The number of nitrogens with zero attached hydrogens (tertiary/aromatic N) is 1. The second kappa shape index (κ2) is 5.20. The minimum Gasteiger partial charge on any atom is -0.406 e. The lowest BCUT2D eigenvalue weighted by molar-refractivity contribution is -0.274. The third-order valence-corrected chi connectivity index (χ3v) is 2.43. The Morgan fingerprint density at radius 3 is 2.35 bits per heavy atom. The van der Waals surface area contributed by atoms with Crippen LogP contribution < -0.4 is 10.5 Å². The monoisotopic (exact) mass is 282 g/mol. The second-order valence-electron chi connectivity index (χ2n) is 3.84. The van der Waals surface area contributed by atoms with Gasteiger partial charge in [-0.1, -0.05) is 0 Å². The van der Waals surface area contributed by atoms with Gasteiger partial charge in [0.25, 0.3) is 5.91 Å². The van der Waals surface area contributed by atoms with Crippen LogP contribution in [0.5, 0.6) is 5.75 Å². The molecule has 0 fully saturated rings. The molecule has 1 aromatic heterocycles. The van der Waals surface area contributed by atoms with Crippen molar-refractivity contribution in [1.82, 2.24) is 4.98 Å². The molecule has 0 saturated carbocycles. The second-order valence-corrected chi connectivity index (χ2v) is 3.84. The summed E-state index contributed by atoms with van der Waals surface area (Å²) in [6.07, 6.45) is -3.28. The molecule has 0 spiro atoms. The van der Waals surface area contributed by atoms with Gasteiger partial charge >= 0.3 is 6.36 Å². The molecule has 7 heteroatoms. The van der Waals surface area contributed by atoms with Crippen LogP contribution in [0, 0.1) is 0 Å². The summed E-state index contributed by atoms with van der Waals surface area (Å²) in [7, 11) is 0. The predicted octanol–water partition coefficient (Wildman–Crippen LogP) is 2.75. The van der Waals surface area contributed by atoms with Crippen molar-refractivity contribution in [1.29, 1.82) is 0 Å². The van der Waals surface area contributed by atoms with Crippen molar-refractivity contribution in [3.63, 3.8) is 0 Å². The Bertz CT molecular complexity index is 624. The molecule has 1 amide bonds. The van der Waals surface area contributed by atoms with Gasteiger partial charge in [0.15, 0.2) is 0 Å². The highest BCUT2D eigenvalue weighted by Crippen LogP contribution is 2.26. The number of benzene rings is 1. The molecule has 1 aromatic carbocycles. The van der Waals surface area contributed by atoms with E-state index in [4.69, 9.17) is 5.73 Å². The first-order valence-electron chi connectivity index (χ1n) is 5.48. The van der Waals surface area contributed by atoms with Gasteiger partial charge in [-0.25, -0.2) is 0 Å². The number of ether oxygens (including phenoxy) is 1. The van der Waals surface area contributed by atoms with Crippen molar-refractivity contribution in [2.24, 2.45) is 5.73 Å². The number of amides is 1. The summed E-state index contributed by atoms with van der Waals surface area (Å²) in [6, 6.07) is 8.06. The van der Waals surface area contributed by atoms with Crippen molar-refractivity contribution in [3.8, 4) is 17.0 Å². The van der Waals surface area contributed by atoms with Gasteiger partial charge in [0.05, 0.1) is 11.3 Å². The van der Waals surface area contributed by atoms with Gasteiger partial charge < -0.3 is 10.5 Å². The minimum absolute atomic E-state index is 0.192. The van der Waals surface area contributed by atoms with E-state index in [1.165, 1.54) is 24.4 Å². The summed E-state index contributed by atoms with van der Waals surface area (Å²) in [5, 5.41) is 0. The molecule has 0 aliphatic heterocycles. The molecule has 20 heavy (non-hydrogen) atoms. The van der Waals surface area contributed by atoms with Gasteiger partial charge in [-0.3, -0.25) is 9.78 Å². The van der Waals surface area contributed by atoms with Crippen LogP contribution in [-0.2, 0) is 0 Å². The van der Waals surface area contributed by atoms with Crippen molar-refractivity contribution < 1.29 is 22.7 Å². The molecule has 0 aliphatic carbocycles. The van der Waals surface area contributed by atoms with E-state index in [0.717, 1.165) is 12.1 Å². The number of primary amides is 1. The number of halogens is 3. The van der Waals surface area contributed by atoms with E-state index >= 15 is 0 Å². The number of carbonyl (C=O) groups is 1. The third kappa shape index (κ3) is 3.25. The van der Waals surface area contributed by atoms with E-state index < -0.39 is 12.3 Å². The Morgan fingerprint density at radius 2 is 1.80 bits per heavy atom. The maximum atomic E-state index is 12.0. The summed E-state index contributed by atoms with van der Waals surface area (Å²) in [5.41, 5.74) is 6.18. The maximum absolute atomic E-state index is 12.0. The van der Waals surface area contributed by atoms with Gasteiger partial charge in [-0.2, -0.15) is 0 Å². The molecule has 0 unspecified atom stereocenters. The largest absolute Gasteiger partial charge is 0.573 e. The third-order valence-electron chi connectivity index (χ3n) is 2.43.